The van der Waals surface area contributed by atoms with Gasteiger partial charge in [0.25, 0.3) is 11.8 Å². The number of carbonyl (C=O) groups excluding carboxylic acids is 2. The molecule has 0 radical (unpaired) electrons. The van der Waals surface area contributed by atoms with Crippen LogP contribution in [0.1, 0.15) is 45.7 Å². The third kappa shape index (κ3) is 5.06. The standard InChI is InChI=1S/C21H25N3O3/c1-27-18-7-5-6-16(14-18)8-10-23-20(25)19-15-17(9-11-22-19)21(26)24-12-3-2-4-13-24/h5-7,9,11,14-15H,2-4,8,10,12-13H2,1H3,(H,23,25). The van der Waals surface area contributed by atoms with Gasteiger partial charge < -0.3 is 15.0 Å². The van der Waals surface area contributed by atoms with Gasteiger partial charge in [-0.3, -0.25) is 14.6 Å². The van der Waals surface area contributed by atoms with Crippen LogP contribution in [0.5, 0.6) is 5.75 Å². The predicted molar refractivity (Wildman–Crippen MR) is 103 cm³/mol. The van der Waals surface area contributed by atoms with E-state index in [9.17, 15) is 9.59 Å². The highest BCUT2D eigenvalue weighted by Gasteiger charge is 2.19. The summed E-state index contributed by atoms with van der Waals surface area (Å²) in [5.74, 6) is 0.498. The molecule has 2 aromatic rings. The maximum absolute atomic E-state index is 12.6. The number of ether oxygens (including phenoxy) is 1. The van der Waals surface area contributed by atoms with Crippen molar-refractivity contribution >= 4 is 11.8 Å². The highest BCUT2D eigenvalue weighted by molar-refractivity contribution is 5.98. The van der Waals surface area contributed by atoms with Crippen LogP contribution in [0.25, 0.3) is 0 Å². The second-order valence-corrected chi connectivity index (χ2v) is 6.64. The molecule has 3 rings (SSSR count). The molecular weight excluding hydrogens is 342 g/mol. The molecule has 142 valence electrons. The van der Waals surface area contributed by atoms with Crippen molar-refractivity contribution in [2.24, 2.45) is 0 Å². The van der Waals surface area contributed by atoms with Crippen molar-refractivity contribution in [2.75, 3.05) is 26.7 Å². The zero-order valence-electron chi connectivity index (χ0n) is 15.6. The Morgan fingerprint density at radius 2 is 1.96 bits per heavy atom. The highest BCUT2D eigenvalue weighted by atomic mass is 16.5. The Morgan fingerprint density at radius 1 is 1.15 bits per heavy atom. The van der Waals surface area contributed by atoms with E-state index in [1.165, 1.54) is 12.6 Å². The number of pyridine rings is 1. The number of aromatic nitrogens is 1. The second kappa shape index (κ2) is 9.16. The topological polar surface area (TPSA) is 71.5 Å². The van der Waals surface area contributed by atoms with Crippen LogP contribution in [0.15, 0.2) is 42.6 Å². The number of nitrogens with zero attached hydrogens (tertiary/aromatic N) is 2. The maximum Gasteiger partial charge on any atom is 0.269 e. The molecule has 2 amide bonds. The monoisotopic (exact) mass is 367 g/mol. The molecule has 1 N–H and O–H groups in total. The van der Waals surface area contributed by atoms with Crippen LogP contribution >= 0.6 is 0 Å². The molecule has 0 unspecified atom stereocenters. The third-order valence-electron chi connectivity index (χ3n) is 4.72. The van der Waals surface area contributed by atoms with Gasteiger partial charge in [0, 0.05) is 31.4 Å². The molecule has 1 aromatic carbocycles. The first-order chi connectivity index (χ1) is 13.2. The quantitative estimate of drug-likeness (QED) is 0.852. The van der Waals surface area contributed by atoms with Crippen LogP contribution in [0, 0.1) is 0 Å². The Bertz CT molecular complexity index is 801. The summed E-state index contributed by atoms with van der Waals surface area (Å²) in [6, 6.07) is 11.0. The first-order valence-corrected chi connectivity index (χ1v) is 9.34. The molecule has 0 spiro atoms. The SMILES string of the molecule is COc1cccc(CCNC(=O)c2cc(C(=O)N3CCCCC3)ccn2)c1. The van der Waals surface area contributed by atoms with Crippen LogP contribution < -0.4 is 10.1 Å². The fourth-order valence-electron chi connectivity index (χ4n) is 3.21. The number of rotatable bonds is 6. The minimum atomic E-state index is -0.272. The van der Waals surface area contributed by atoms with Crippen molar-refractivity contribution in [1.29, 1.82) is 0 Å². The van der Waals surface area contributed by atoms with E-state index in [1.54, 1.807) is 19.2 Å². The molecule has 1 aliphatic rings. The smallest absolute Gasteiger partial charge is 0.269 e. The number of amides is 2. The fourth-order valence-corrected chi connectivity index (χ4v) is 3.21. The molecule has 0 aliphatic carbocycles. The van der Waals surface area contributed by atoms with Gasteiger partial charge in [0.15, 0.2) is 0 Å². The minimum Gasteiger partial charge on any atom is -0.497 e. The lowest BCUT2D eigenvalue weighted by molar-refractivity contribution is 0.0724. The Morgan fingerprint density at radius 3 is 2.74 bits per heavy atom. The average molecular weight is 367 g/mol. The van der Waals surface area contributed by atoms with Gasteiger partial charge in [0.2, 0.25) is 0 Å². The number of hydrogen-bond donors (Lipinski definition) is 1. The van der Waals surface area contributed by atoms with Crippen molar-refractivity contribution < 1.29 is 14.3 Å². The van der Waals surface area contributed by atoms with Crippen molar-refractivity contribution in [3.8, 4) is 5.75 Å². The predicted octanol–water partition coefficient (Wildman–Crippen LogP) is 2.69. The molecule has 6 heteroatoms. The Balaban J connectivity index is 1.57. The van der Waals surface area contributed by atoms with E-state index < -0.39 is 0 Å². The van der Waals surface area contributed by atoms with Crippen LogP contribution in [0.3, 0.4) is 0 Å². The lowest BCUT2D eigenvalue weighted by atomic mass is 10.1. The molecule has 0 bridgehead atoms. The fraction of sp³-hybridized carbons (Fsp3) is 0.381. The van der Waals surface area contributed by atoms with E-state index in [0.717, 1.165) is 37.2 Å². The summed E-state index contributed by atoms with van der Waals surface area (Å²) in [6.45, 7) is 2.05. The average Bonchev–Trinajstić information content (AvgIpc) is 2.74. The van der Waals surface area contributed by atoms with E-state index in [0.29, 0.717) is 18.5 Å². The zero-order valence-corrected chi connectivity index (χ0v) is 15.6. The van der Waals surface area contributed by atoms with Gasteiger partial charge in [-0.15, -0.1) is 0 Å². The highest BCUT2D eigenvalue weighted by Crippen LogP contribution is 2.14. The first kappa shape index (κ1) is 18.9. The van der Waals surface area contributed by atoms with Gasteiger partial charge >= 0.3 is 0 Å². The lowest BCUT2D eigenvalue weighted by Crippen LogP contribution is -2.35. The van der Waals surface area contributed by atoms with Crippen molar-refractivity contribution in [3.05, 3.63) is 59.4 Å². The Kier molecular flexibility index (Phi) is 6.41. The first-order valence-electron chi connectivity index (χ1n) is 9.34. The van der Waals surface area contributed by atoms with E-state index >= 15 is 0 Å². The molecule has 6 nitrogen and oxygen atoms in total. The van der Waals surface area contributed by atoms with Crippen LogP contribution in [0.4, 0.5) is 0 Å². The summed E-state index contributed by atoms with van der Waals surface area (Å²) < 4.78 is 5.20. The molecule has 1 saturated heterocycles. The molecule has 0 atom stereocenters. The second-order valence-electron chi connectivity index (χ2n) is 6.64. The van der Waals surface area contributed by atoms with Crippen molar-refractivity contribution in [2.45, 2.75) is 25.7 Å². The van der Waals surface area contributed by atoms with Gasteiger partial charge in [-0.2, -0.15) is 0 Å². The van der Waals surface area contributed by atoms with E-state index in [1.807, 2.05) is 29.2 Å². The maximum atomic E-state index is 12.6. The minimum absolute atomic E-state index is 0.0254. The number of hydrogen-bond acceptors (Lipinski definition) is 4. The third-order valence-corrected chi connectivity index (χ3v) is 4.72. The zero-order chi connectivity index (χ0) is 19.1. The van der Waals surface area contributed by atoms with E-state index in [4.69, 9.17) is 4.74 Å². The van der Waals surface area contributed by atoms with E-state index in [-0.39, 0.29) is 17.5 Å². The summed E-state index contributed by atoms with van der Waals surface area (Å²) in [5.41, 5.74) is 1.87. The van der Waals surface area contributed by atoms with Crippen LogP contribution in [-0.4, -0.2) is 48.4 Å². The number of nitrogens with one attached hydrogen (secondary N) is 1. The van der Waals surface area contributed by atoms with Gasteiger partial charge in [-0.25, -0.2) is 0 Å². The molecule has 1 aromatic heterocycles. The molecule has 0 saturated carbocycles. The molecule has 2 heterocycles. The normalized spacial score (nSPS) is 13.9. The van der Waals surface area contributed by atoms with Crippen LogP contribution in [0.2, 0.25) is 0 Å². The lowest BCUT2D eigenvalue weighted by Gasteiger charge is -2.26. The number of methoxy groups -OCH3 is 1. The number of benzene rings is 1. The van der Waals surface area contributed by atoms with Crippen LogP contribution in [-0.2, 0) is 6.42 Å². The molecule has 27 heavy (non-hydrogen) atoms. The number of likely N-dealkylation sites (tertiary alicyclic amines) is 1. The van der Waals surface area contributed by atoms with E-state index in [2.05, 4.69) is 10.3 Å². The Hall–Kier alpha value is -2.89. The van der Waals surface area contributed by atoms with Crippen molar-refractivity contribution in [1.82, 2.24) is 15.2 Å². The number of piperidine rings is 1. The summed E-state index contributed by atoms with van der Waals surface area (Å²) in [7, 11) is 1.63. The summed E-state index contributed by atoms with van der Waals surface area (Å²) in [6.07, 6.45) is 5.45. The van der Waals surface area contributed by atoms with Crippen molar-refractivity contribution in [3.63, 3.8) is 0 Å². The molecule has 1 fully saturated rings. The Labute approximate surface area is 159 Å². The summed E-state index contributed by atoms with van der Waals surface area (Å²) in [5, 5.41) is 2.86. The van der Waals surface area contributed by atoms with Gasteiger partial charge in [-0.05, 0) is 55.5 Å². The van der Waals surface area contributed by atoms with Gasteiger partial charge in [-0.1, -0.05) is 12.1 Å². The van der Waals surface area contributed by atoms with Gasteiger partial charge in [0.05, 0.1) is 7.11 Å². The molecular formula is C21H25N3O3. The number of carbonyl (C=O) groups is 2. The summed E-state index contributed by atoms with van der Waals surface area (Å²) in [4.78, 5) is 30.9. The molecule has 1 aliphatic heterocycles. The summed E-state index contributed by atoms with van der Waals surface area (Å²) >= 11 is 0. The largest absolute Gasteiger partial charge is 0.497 e. The van der Waals surface area contributed by atoms with Gasteiger partial charge in [0.1, 0.15) is 11.4 Å².